The number of anilines is 1. The summed E-state index contributed by atoms with van der Waals surface area (Å²) in [6.07, 6.45) is 0.552. The number of amides is 1. The smallest absolute Gasteiger partial charge is 0.254 e. The van der Waals surface area contributed by atoms with E-state index in [2.05, 4.69) is 10.3 Å². The van der Waals surface area contributed by atoms with Crippen molar-refractivity contribution in [1.29, 1.82) is 0 Å². The molecule has 0 aliphatic carbocycles. The molecule has 0 bridgehead atoms. The molecule has 2 aromatic carbocycles. The van der Waals surface area contributed by atoms with E-state index in [1.807, 2.05) is 6.92 Å². The number of aromatic nitrogens is 2. The number of aryl methyl sites for hydroxylation is 1. The predicted molar refractivity (Wildman–Crippen MR) is 105 cm³/mol. The highest BCUT2D eigenvalue weighted by molar-refractivity contribution is 5.90. The quantitative estimate of drug-likeness (QED) is 0.711. The van der Waals surface area contributed by atoms with Gasteiger partial charge in [-0.2, -0.15) is 0 Å². The van der Waals surface area contributed by atoms with Gasteiger partial charge in [-0.15, -0.1) is 0 Å². The zero-order chi connectivity index (χ0) is 20.1. The van der Waals surface area contributed by atoms with E-state index in [-0.39, 0.29) is 17.9 Å². The molecule has 3 aromatic rings. The van der Waals surface area contributed by atoms with Crippen LogP contribution in [0.25, 0.3) is 11.4 Å². The SMILES string of the molecule is CCc1cc(=O)n(CC(=O)Nc2ccc(OC)cc2)c(-c2cccc(F)c2)n1. The number of ether oxygens (including phenoxy) is 1. The average molecular weight is 381 g/mol. The second kappa shape index (κ2) is 8.47. The van der Waals surface area contributed by atoms with Crippen LogP contribution in [0, 0.1) is 5.82 Å². The number of hydrogen-bond acceptors (Lipinski definition) is 4. The Bertz CT molecular complexity index is 1050. The maximum atomic E-state index is 13.7. The van der Waals surface area contributed by atoms with Crippen molar-refractivity contribution < 1.29 is 13.9 Å². The molecule has 0 spiro atoms. The van der Waals surface area contributed by atoms with Crippen LogP contribution in [0.2, 0.25) is 0 Å². The van der Waals surface area contributed by atoms with Gasteiger partial charge in [0.15, 0.2) is 0 Å². The van der Waals surface area contributed by atoms with Crippen LogP contribution in [-0.2, 0) is 17.8 Å². The van der Waals surface area contributed by atoms with E-state index in [0.717, 1.165) is 0 Å². The molecule has 0 fully saturated rings. The standard InChI is InChI=1S/C21H20FN3O3/c1-3-16-12-20(27)25(21(24-16)14-5-4-6-15(22)11-14)13-19(26)23-17-7-9-18(28-2)10-8-17/h4-12H,3,13H2,1-2H3,(H,23,26). The molecular formula is C21H20FN3O3. The van der Waals surface area contributed by atoms with E-state index in [0.29, 0.717) is 29.1 Å². The van der Waals surface area contributed by atoms with Crippen LogP contribution in [0.5, 0.6) is 5.75 Å². The summed E-state index contributed by atoms with van der Waals surface area (Å²) >= 11 is 0. The molecule has 0 saturated heterocycles. The number of carbonyl (C=O) groups excluding carboxylic acids is 1. The summed E-state index contributed by atoms with van der Waals surface area (Å²) in [5, 5.41) is 2.73. The van der Waals surface area contributed by atoms with Gasteiger partial charge >= 0.3 is 0 Å². The number of benzene rings is 2. The third kappa shape index (κ3) is 4.43. The Kier molecular flexibility index (Phi) is 5.84. The number of nitrogens with zero attached hydrogens (tertiary/aromatic N) is 2. The van der Waals surface area contributed by atoms with E-state index in [4.69, 9.17) is 4.74 Å². The van der Waals surface area contributed by atoms with E-state index in [1.165, 1.54) is 28.8 Å². The number of methoxy groups -OCH3 is 1. The summed E-state index contributed by atoms with van der Waals surface area (Å²) in [6, 6.07) is 14.0. The van der Waals surface area contributed by atoms with Gasteiger partial charge in [0.05, 0.1) is 7.11 Å². The molecule has 0 aliphatic heterocycles. The first-order valence-electron chi connectivity index (χ1n) is 8.80. The molecule has 1 amide bonds. The molecule has 28 heavy (non-hydrogen) atoms. The Labute approximate surface area is 161 Å². The van der Waals surface area contributed by atoms with Crippen LogP contribution in [-0.4, -0.2) is 22.6 Å². The molecule has 6 nitrogen and oxygen atoms in total. The van der Waals surface area contributed by atoms with Gasteiger partial charge in [-0.3, -0.25) is 14.2 Å². The first kappa shape index (κ1) is 19.3. The Balaban J connectivity index is 1.91. The highest BCUT2D eigenvalue weighted by Crippen LogP contribution is 2.18. The van der Waals surface area contributed by atoms with Crippen molar-refractivity contribution in [2.45, 2.75) is 19.9 Å². The molecule has 0 unspecified atom stereocenters. The summed E-state index contributed by atoms with van der Waals surface area (Å²) in [7, 11) is 1.56. The summed E-state index contributed by atoms with van der Waals surface area (Å²) in [5.41, 5.74) is 1.22. The lowest BCUT2D eigenvalue weighted by Gasteiger charge is -2.14. The van der Waals surface area contributed by atoms with Crippen LogP contribution >= 0.6 is 0 Å². The molecule has 1 N–H and O–H groups in total. The Hall–Kier alpha value is -3.48. The maximum absolute atomic E-state index is 13.7. The van der Waals surface area contributed by atoms with E-state index in [1.54, 1.807) is 37.4 Å². The normalized spacial score (nSPS) is 10.5. The summed E-state index contributed by atoms with van der Waals surface area (Å²) in [5.74, 6) is 0.0922. The summed E-state index contributed by atoms with van der Waals surface area (Å²) in [6.45, 7) is 1.63. The lowest BCUT2D eigenvalue weighted by molar-refractivity contribution is -0.116. The number of halogens is 1. The maximum Gasteiger partial charge on any atom is 0.254 e. The number of nitrogens with one attached hydrogen (secondary N) is 1. The van der Waals surface area contributed by atoms with Gasteiger partial charge < -0.3 is 10.1 Å². The minimum atomic E-state index is -0.442. The van der Waals surface area contributed by atoms with Crippen molar-refractivity contribution >= 4 is 11.6 Å². The largest absolute Gasteiger partial charge is 0.497 e. The van der Waals surface area contributed by atoms with Crippen LogP contribution in [0.3, 0.4) is 0 Å². The van der Waals surface area contributed by atoms with E-state index in [9.17, 15) is 14.0 Å². The predicted octanol–water partition coefficient (Wildman–Crippen LogP) is 3.26. The molecule has 7 heteroatoms. The second-order valence-corrected chi connectivity index (χ2v) is 6.14. The molecular weight excluding hydrogens is 361 g/mol. The van der Waals surface area contributed by atoms with Gasteiger partial charge in [0.2, 0.25) is 5.91 Å². The molecule has 1 heterocycles. The van der Waals surface area contributed by atoms with Crippen LogP contribution in [0.15, 0.2) is 59.4 Å². The highest BCUT2D eigenvalue weighted by atomic mass is 19.1. The van der Waals surface area contributed by atoms with Gasteiger partial charge in [0.25, 0.3) is 5.56 Å². The van der Waals surface area contributed by atoms with Crippen molar-refractivity contribution in [3.05, 3.63) is 76.5 Å². The van der Waals surface area contributed by atoms with Crippen LogP contribution < -0.4 is 15.6 Å². The zero-order valence-corrected chi connectivity index (χ0v) is 15.6. The fraction of sp³-hybridized carbons (Fsp3) is 0.190. The van der Waals surface area contributed by atoms with Crippen LogP contribution in [0.1, 0.15) is 12.6 Å². The monoisotopic (exact) mass is 381 g/mol. The van der Waals surface area contributed by atoms with Gasteiger partial charge in [-0.05, 0) is 42.8 Å². The lowest BCUT2D eigenvalue weighted by atomic mass is 10.2. The number of rotatable bonds is 6. The molecule has 1 aromatic heterocycles. The fourth-order valence-corrected chi connectivity index (χ4v) is 2.75. The van der Waals surface area contributed by atoms with Gasteiger partial charge in [0, 0.05) is 23.0 Å². The van der Waals surface area contributed by atoms with E-state index < -0.39 is 11.7 Å². The minimum Gasteiger partial charge on any atom is -0.497 e. The van der Waals surface area contributed by atoms with Crippen molar-refractivity contribution in [3.8, 4) is 17.1 Å². The molecule has 0 atom stereocenters. The zero-order valence-electron chi connectivity index (χ0n) is 15.6. The third-order valence-electron chi connectivity index (χ3n) is 4.18. The molecule has 144 valence electrons. The first-order chi connectivity index (χ1) is 13.5. The number of carbonyl (C=O) groups is 1. The van der Waals surface area contributed by atoms with Gasteiger partial charge in [0.1, 0.15) is 23.9 Å². The first-order valence-corrected chi connectivity index (χ1v) is 8.80. The average Bonchev–Trinajstić information content (AvgIpc) is 2.69. The molecule has 0 saturated carbocycles. The third-order valence-corrected chi connectivity index (χ3v) is 4.18. The topological polar surface area (TPSA) is 73.2 Å². The van der Waals surface area contributed by atoms with Crippen molar-refractivity contribution in [2.75, 3.05) is 12.4 Å². The van der Waals surface area contributed by atoms with Gasteiger partial charge in [-0.1, -0.05) is 19.1 Å². The summed E-state index contributed by atoms with van der Waals surface area (Å²) in [4.78, 5) is 29.5. The second-order valence-electron chi connectivity index (χ2n) is 6.14. The summed E-state index contributed by atoms with van der Waals surface area (Å²) < 4.78 is 20.0. The Morgan fingerprint density at radius 3 is 2.57 bits per heavy atom. The molecule has 0 aliphatic rings. The fourth-order valence-electron chi connectivity index (χ4n) is 2.75. The highest BCUT2D eigenvalue weighted by Gasteiger charge is 2.14. The number of hydrogen-bond donors (Lipinski definition) is 1. The Morgan fingerprint density at radius 1 is 1.18 bits per heavy atom. The van der Waals surface area contributed by atoms with Crippen LogP contribution in [0.4, 0.5) is 10.1 Å². The molecule has 3 rings (SSSR count). The van der Waals surface area contributed by atoms with Gasteiger partial charge in [-0.25, -0.2) is 9.37 Å². The minimum absolute atomic E-state index is 0.242. The Morgan fingerprint density at radius 2 is 1.93 bits per heavy atom. The lowest BCUT2D eigenvalue weighted by Crippen LogP contribution is -2.30. The van der Waals surface area contributed by atoms with Crippen molar-refractivity contribution in [2.24, 2.45) is 0 Å². The van der Waals surface area contributed by atoms with E-state index >= 15 is 0 Å². The van der Waals surface area contributed by atoms with Crippen molar-refractivity contribution in [3.63, 3.8) is 0 Å². The molecule has 0 radical (unpaired) electrons. The van der Waals surface area contributed by atoms with Crippen molar-refractivity contribution in [1.82, 2.24) is 9.55 Å².